The first-order chi connectivity index (χ1) is 7.51. The zero-order valence-corrected chi connectivity index (χ0v) is 11.4. The largest absolute Gasteiger partial charge is 0.443 e. The minimum atomic E-state index is -4.16. The van der Waals surface area contributed by atoms with E-state index in [1.54, 1.807) is 18.7 Å². The third-order valence-corrected chi connectivity index (χ3v) is 1.99. The summed E-state index contributed by atoms with van der Waals surface area (Å²) >= 11 is 0. The van der Waals surface area contributed by atoms with Crippen molar-refractivity contribution in [2.75, 3.05) is 21.2 Å². The first-order valence-electron chi connectivity index (χ1n) is 4.57. The molecule has 0 fully saturated rings. The SMILES string of the molecule is C=C(C)C(=O)OC(C)N(C)C.COS(=O)(=O)O. The molecule has 0 aromatic heterocycles. The molecule has 0 heterocycles. The number of carbonyl (C=O) groups excluding carboxylic acids is 1. The predicted molar refractivity (Wildman–Crippen MR) is 62.6 cm³/mol. The molecule has 1 unspecified atom stereocenters. The van der Waals surface area contributed by atoms with E-state index in [0.717, 1.165) is 7.11 Å². The predicted octanol–water partition coefficient (Wildman–Crippen LogP) is 0.449. The maximum Gasteiger partial charge on any atom is 0.397 e. The Balaban J connectivity index is 0. The van der Waals surface area contributed by atoms with Gasteiger partial charge in [0.05, 0.1) is 7.11 Å². The van der Waals surface area contributed by atoms with Crippen molar-refractivity contribution in [2.45, 2.75) is 20.1 Å². The summed E-state index contributed by atoms with van der Waals surface area (Å²) in [5.74, 6) is -0.341. The van der Waals surface area contributed by atoms with Crippen LogP contribution < -0.4 is 0 Å². The third-order valence-electron chi connectivity index (χ3n) is 1.56. The van der Waals surface area contributed by atoms with Crippen LogP contribution in [0.5, 0.6) is 0 Å². The van der Waals surface area contributed by atoms with Crippen LogP contribution in [0.4, 0.5) is 0 Å². The molecule has 17 heavy (non-hydrogen) atoms. The maximum atomic E-state index is 10.9. The third kappa shape index (κ3) is 13.0. The van der Waals surface area contributed by atoms with Crippen LogP contribution in [-0.2, 0) is 24.1 Å². The van der Waals surface area contributed by atoms with Crippen LogP contribution in [0.15, 0.2) is 12.2 Å². The summed E-state index contributed by atoms with van der Waals surface area (Å²) in [6.45, 7) is 6.91. The Morgan fingerprint density at radius 3 is 1.94 bits per heavy atom. The molecule has 0 aliphatic rings. The van der Waals surface area contributed by atoms with Gasteiger partial charge in [-0.25, -0.2) is 4.79 Å². The molecule has 0 bridgehead atoms. The van der Waals surface area contributed by atoms with Gasteiger partial charge in [0.15, 0.2) is 6.23 Å². The van der Waals surface area contributed by atoms with Crippen molar-refractivity contribution in [3.8, 4) is 0 Å². The summed E-state index contributed by atoms with van der Waals surface area (Å²) < 4.78 is 34.7. The van der Waals surface area contributed by atoms with Gasteiger partial charge < -0.3 is 4.74 Å². The number of ether oxygens (including phenoxy) is 1. The topological polar surface area (TPSA) is 93.1 Å². The summed E-state index contributed by atoms with van der Waals surface area (Å²) in [4.78, 5) is 12.7. The molecule has 0 aliphatic heterocycles. The standard InChI is InChI=1S/C8H15NO2.CH4O4S/c1-6(2)8(10)11-7(3)9(4)5;1-5-6(2,3)4/h7H,1H2,2-5H3;1H3,(H,2,3,4). The fraction of sp³-hybridized carbons (Fsp3) is 0.667. The first kappa shape index (κ1) is 18.4. The molecule has 1 N–H and O–H groups in total. The van der Waals surface area contributed by atoms with Gasteiger partial charge in [0, 0.05) is 5.57 Å². The molecule has 0 aromatic rings. The lowest BCUT2D eigenvalue weighted by Crippen LogP contribution is -2.30. The summed E-state index contributed by atoms with van der Waals surface area (Å²) in [5, 5.41) is 0. The van der Waals surface area contributed by atoms with Gasteiger partial charge in [0.1, 0.15) is 0 Å². The molecular formula is C9H19NO6S. The summed E-state index contributed by atoms with van der Waals surface area (Å²) in [6, 6.07) is 0. The second kappa shape index (κ2) is 8.18. The van der Waals surface area contributed by atoms with Gasteiger partial charge in [-0.2, -0.15) is 8.42 Å². The zero-order chi connectivity index (χ0) is 14.2. The van der Waals surface area contributed by atoms with Crippen LogP contribution in [-0.4, -0.2) is 51.3 Å². The van der Waals surface area contributed by atoms with Crippen molar-refractivity contribution in [3.63, 3.8) is 0 Å². The molecule has 102 valence electrons. The molecule has 1 atom stereocenters. The van der Waals surface area contributed by atoms with E-state index in [1.807, 2.05) is 14.1 Å². The van der Waals surface area contributed by atoms with Crippen molar-refractivity contribution in [1.29, 1.82) is 0 Å². The summed E-state index contributed by atoms with van der Waals surface area (Å²) in [5.41, 5.74) is 0.429. The highest BCUT2D eigenvalue weighted by Crippen LogP contribution is 1.99. The van der Waals surface area contributed by atoms with E-state index in [1.165, 1.54) is 0 Å². The lowest BCUT2D eigenvalue weighted by molar-refractivity contribution is -0.150. The van der Waals surface area contributed by atoms with Crippen LogP contribution >= 0.6 is 0 Å². The highest BCUT2D eigenvalue weighted by molar-refractivity contribution is 7.80. The smallest absolute Gasteiger partial charge is 0.397 e. The highest BCUT2D eigenvalue weighted by atomic mass is 32.3. The Morgan fingerprint density at radius 2 is 1.76 bits per heavy atom. The fourth-order valence-electron chi connectivity index (χ4n) is 0.361. The van der Waals surface area contributed by atoms with E-state index in [2.05, 4.69) is 10.8 Å². The average Bonchev–Trinajstić information content (AvgIpc) is 2.17. The normalized spacial score (nSPS) is 12.4. The quantitative estimate of drug-likeness (QED) is 0.343. The number of rotatable bonds is 4. The van der Waals surface area contributed by atoms with Crippen molar-refractivity contribution >= 4 is 16.4 Å². The number of hydrogen-bond donors (Lipinski definition) is 1. The highest BCUT2D eigenvalue weighted by Gasteiger charge is 2.10. The second-order valence-electron chi connectivity index (χ2n) is 3.34. The van der Waals surface area contributed by atoms with Crippen LogP contribution in [0.1, 0.15) is 13.8 Å². The molecule has 0 saturated heterocycles. The Morgan fingerprint density at radius 1 is 1.41 bits per heavy atom. The Hall–Kier alpha value is -0.960. The van der Waals surface area contributed by atoms with Crippen LogP contribution in [0.3, 0.4) is 0 Å². The Kier molecular flexibility index (Phi) is 8.85. The minimum Gasteiger partial charge on any atom is -0.443 e. The van der Waals surface area contributed by atoms with E-state index in [0.29, 0.717) is 5.57 Å². The minimum absolute atomic E-state index is 0.195. The van der Waals surface area contributed by atoms with Crippen molar-refractivity contribution in [3.05, 3.63) is 12.2 Å². The first-order valence-corrected chi connectivity index (χ1v) is 5.93. The number of nitrogens with zero attached hydrogens (tertiary/aromatic N) is 1. The fourth-order valence-corrected chi connectivity index (χ4v) is 0.361. The maximum absolute atomic E-state index is 10.9. The van der Waals surface area contributed by atoms with E-state index >= 15 is 0 Å². The van der Waals surface area contributed by atoms with Crippen LogP contribution in [0.2, 0.25) is 0 Å². The monoisotopic (exact) mass is 269 g/mol. The molecule has 8 heteroatoms. The van der Waals surface area contributed by atoms with Gasteiger partial charge in [-0.3, -0.25) is 13.6 Å². The molecule has 0 amide bonds. The molecule has 0 saturated carbocycles. The van der Waals surface area contributed by atoms with Gasteiger partial charge in [-0.15, -0.1) is 0 Å². The Labute approximate surface area is 102 Å². The van der Waals surface area contributed by atoms with Gasteiger partial charge >= 0.3 is 16.4 Å². The van der Waals surface area contributed by atoms with Crippen molar-refractivity contribution in [2.24, 2.45) is 0 Å². The lowest BCUT2D eigenvalue weighted by Gasteiger charge is -2.19. The number of esters is 1. The number of carbonyl (C=O) groups is 1. The van der Waals surface area contributed by atoms with Crippen molar-refractivity contribution < 1.29 is 26.7 Å². The van der Waals surface area contributed by atoms with Gasteiger partial charge in [-0.05, 0) is 27.9 Å². The van der Waals surface area contributed by atoms with Gasteiger partial charge in [-0.1, -0.05) is 6.58 Å². The van der Waals surface area contributed by atoms with E-state index < -0.39 is 10.4 Å². The second-order valence-corrected chi connectivity index (χ2v) is 4.53. The molecule has 0 aromatic carbocycles. The van der Waals surface area contributed by atoms with Crippen LogP contribution in [0, 0.1) is 0 Å². The molecule has 0 spiro atoms. The van der Waals surface area contributed by atoms with Gasteiger partial charge in [0.25, 0.3) is 0 Å². The molecule has 0 aliphatic carbocycles. The van der Waals surface area contributed by atoms with Gasteiger partial charge in [0.2, 0.25) is 0 Å². The summed E-state index contributed by atoms with van der Waals surface area (Å²) in [7, 11) is 0.396. The number of hydrogen-bond acceptors (Lipinski definition) is 6. The molecule has 0 rings (SSSR count). The molecule has 0 radical (unpaired) electrons. The lowest BCUT2D eigenvalue weighted by atomic mass is 10.4. The summed E-state index contributed by atoms with van der Waals surface area (Å²) in [6.07, 6.45) is -0.195. The average molecular weight is 269 g/mol. The van der Waals surface area contributed by atoms with E-state index in [-0.39, 0.29) is 12.2 Å². The zero-order valence-electron chi connectivity index (χ0n) is 10.6. The van der Waals surface area contributed by atoms with E-state index in [4.69, 9.17) is 9.29 Å². The van der Waals surface area contributed by atoms with Crippen LogP contribution in [0.25, 0.3) is 0 Å². The van der Waals surface area contributed by atoms with Crippen molar-refractivity contribution in [1.82, 2.24) is 4.90 Å². The Bertz CT molecular complexity index is 348. The molecule has 7 nitrogen and oxygen atoms in total. The van der Waals surface area contributed by atoms with E-state index in [9.17, 15) is 13.2 Å². The molecular weight excluding hydrogens is 250 g/mol.